The Morgan fingerprint density at radius 2 is 1.59 bits per heavy atom. The molecule has 0 N–H and O–H groups in total. The van der Waals surface area contributed by atoms with Gasteiger partial charge in [0, 0.05) is 0 Å². The van der Waals surface area contributed by atoms with E-state index in [9.17, 15) is 0 Å². The summed E-state index contributed by atoms with van der Waals surface area (Å²) in [6.07, 6.45) is 10.1. The van der Waals surface area contributed by atoms with Gasteiger partial charge in [-0.15, -0.1) is 0 Å². The Bertz CT molecular complexity index is 556. The molecule has 2 rings (SSSR count). The van der Waals surface area contributed by atoms with Gasteiger partial charge in [0.25, 0.3) is 0 Å². The Morgan fingerprint density at radius 1 is 1.05 bits per heavy atom. The molecule has 0 fully saturated rings. The molecule has 124 valence electrons. The summed E-state index contributed by atoms with van der Waals surface area (Å²) in [6, 6.07) is 0. The number of fused-ring (bicyclic) bond motifs is 1. The average molecular weight is 448 g/mol. The van der Waals surface area contributed by atoms with Crippen LogP contribution in [0.4, 0.5) is 0 Å². The molecular weight excluding hydrogens is 418 g/mol. The van der Waals surface area contributed by atoms with Crippen molar-refractivity contribution in [2.24, 2.45) is 0 Å². The van der Waals surface area contributed by atoms with Crippen LogP contribution < -0.4 is 3.71 Å². The number of hydrogen-bond acceptors (Lipinski definition) is 2. The molecule has 0 amide bonds. The first-order valence-electron chi connectivity index (χ1n) is 8.79. The van der Waals surface area contributed by atoms with Crippen LogP contribution in [0.3, 0.4) is 0 Å². The fourth-order valence-electron chi connectivity index (χ4n) is 3.45. The Hall–Kier alpha value is 0.259. The molecule has 0 spiro atoms. The number of rotatable bonds is 10. The number of unbranched alkanes of at least 4 members (excludes halogenated alkanes) is 3. The van der Waals surface area contributed by atoms with Crippen molar-refractivity contribution in [3.8, 4) is 0 Å². The summed E-state index contributed by atoms with van der Waals surface area (Å²) in [5, 5.41) is 3.11. The molecule has 2 heterocycles. The van der Waals surface area contributed by atoms with Crippen LogP contribution in [0.25, 0.3) is 4.83 Å². The van der Waals surface area contributed by atoms with Crippen LogP contribution >= 0.6 is 22.9 Å². The van der Waals surface area contributed by atoms with Gasteiger partial charge in [-0.05, 0) is 0 Å². The Labute approximate surface area is 148 Å². The molecule has 2 aromatic heterocycles. The zero-order valence-electron chi connectivity index (χ0n) is 14.2. The topological polar surface area (TPSA) is 17.3 Å². The van der Waals surface area contributed by atoms with E-state index in [2.05, 4.69) is 35.5 Å². The first-order valence-corrected chi connectivity index (χ1v) is 17.5. The first kappa shape index (κ1) is 18.6. The molecule has 0 atom stereocenters. The maximum atomic E-state index is 6.25. The molecule has 0 saturated heterocycles. The van der Waals surface area contributed by atoms with E-state index in [1.807, 2.05) is 6.33 Å². The summed E-state index contributed by atoms with van der Waals surface area (Å²) >= 11 is 5.69. The molecule has 0 bridgehead atoms. The molecule has 2 nitrogen and oxygen atoms in total. The third-order valence-electron chi connectivity index (χ3n) is 4.79. The van der Waals surface area contributed by atoms with Crippen molar-refractivity contribution in [2.45, 2.75) is 72.6 Å². The predicted octanol–water partition coefficient (Wildman–Crippen LogP) is 6.11. The summed E-state index contributed by atoms with van der Waals surface area (Å²) in [5.41, 5.74) is 0. The van der Waals surface area contributed by atoms with Crippen molar-refractivity contribution in [2.75, 3.05) is 0 Å². The third-order valence-corrected chi connectivity index (χ3v) is 22.2. The number of hydrogen-bond donors (Lipinski definition) is 0. The average Bonchev–Trinajstić information content (AvgIpc) is 3.11. The van der Waals surface area contributed by atoms with E-state index in [-0.39, 0.29) is 0 Å². The number of thiazole rings is 1. The molecule has 0 saturated carbocycles. The number of imidazole rings is 1. The zero-order valence-corrected chi connectivity index (χ0v) is 18.6. The minimum atomic E-state index is -2.36. The Morgan fingerprint density at radius 3 is 2.09 bits per heavy atom. The zero-order chi connectivity index (χ0) is 16.0. The summed E-state index contributed by atoms with van der Waals surface area (Å²) in [7, 11) is 0. The van der Waals surface area contributed by atoms with Crippen molar-refractivity contribution in [1.29, 1.82) is 0 Å². The molecule has 0 aromatic carbocycles. The van der Waals surface area contributed by atoms with Crippen molar-refractivity contribution < 1.29 is 0 Å². The molecule has 0 radical (unpaired) electrons. The molecule has 0 aliphatic rings. The van der Waals surface area contributed by atoms with Gasteiger partial charge < -0.3 is 0 Å². The van der Waals surface area contributed by atoms with E-state index in [0.29, 0.717) is 5.15 Å². The SMILES string of the molecule is CCC[CH2][Sn]([CH2]CCC)([CH2]CCC)[c]1csc2c(Cl)ncn12. The van der Waals surface area contributed by atoms with Gasteiger partial charge in [-0.1, -0.05) is 0 Å². The van der Waals surface area contributed by atoms with Crippen molar-refractivity contribution in [3.05, 3.63) is 16.9 Å². The maximum absolute atomic E-state index is 6.25. The Kier molecular flexibility index (Phi) is 7.55. The normalized spacial score (nSPS) is 12.4. The van der Waals surface area contributed by atoms with Crippen molar-refractivity contribution in [3.63, 3.8) is 0 Å². The predicted molar refractivity (Wildman–Crippen MR) is 103 cm³/mol. The van der Waals surface area contributed by atoms with E-state index in [4.69, 9.17) is 11.6 Å². The summed E-state index contributed by atoms with van der Waals surface area (Å²) in [4.78, 5) is 5.50. The summed E-state index contributed by atoms with van der Waals surface area (Å²) < 4.78 is 8.49. The number of aromatic nitrogens is 2. The molecule has 2 aromatic rings. The number of nitrogens with zero attached hydrogens (tertiary/aromatic N) is 2. The Balaban J connectivity index is 2.42. The molecule has 0 aliphatic heterocycles. The van der Waals surface area contributed by atoms with Gasteiger partial charge in [-0.2, -0.15) is 0 Å². The molecule has 0 unspecified atom stereocenters. The van der Waals surface area contributed by atoms with Crippen LogP contribution in [0.1, 0.15) is 59.3 Å². The monoisotopic (exact) mass is 448 g/mol. The third kappa shape index (κ3) is 4.02. The fraction of sp³-hybridized carbons (Fsp3) is 0.706. The van der Waals surface area contributed by atoms with Crippen molar-refractivity contribution >= 4 is 49.9 Å². The number of halogens is 1. The van der Waals surface area contributed by atoms with Gasteiger partial charge in [0.05, 0.1) is 0 Å². The van der Waals surface area contributed by atoms with Crippen LogP contribution in [-0.4, -0.2) is 27.8 Å². The van der Waals surface area contributed by atoms with Crippen LogP contribution in [0.5, 0.6) is 0 Å². The standard InChI is InChI=1S/C5H2ClN2S.3C4H9.Sn/c6-4-5-8(3-7-4)1-2-9-5;3*1-3-4-2;/h2-3H;3*1,3-4H2,2H3;. The van der Waals surface area contributed by atoms with Crippen molar-refractivity contribution in [1.82, 2.24) is 9.38 Å². The van der Waals surface area contributed by atoms with Gasteiger partial charge in [0.1, 0.15) is 0 Å². The second-order valence-corrected chi connectivity index (χ2v) is 20.7. The van der Waals surface area contributed by atoms with E-state index < -0.39 is 18.4 Å². The van der Waals surface area contributed by atoms with Gasteiger partial charge >= 0.3 is 149 Å². The fourth-order valence-corrected chi connectivity index (χ4v) is 22.7. The van der Waals surface area contributed by atoms with Crippen LogP contribution in [0.15, 0.2) is 11.7 Å². The van der Waals surface area contributed by atoms with E-state index >= 15 is 0 Å². The van der Waals surface area contributed by atoms with Crippen LogP contribution in [0.2, 0.25) is 18.5 Å². The molecular formula is C17H29ClN2SSn. The van der Waals surface area contributed by atoms with Gasteiger partial charge in [-0.25, -0.2) is 0 Å². The van der Waals surface area contributed by atoms with E-state index in [0.717, 1.165) is 4.83 Å². The summed E-state index contributed by atoms with van der Waals surface area (Å²) in [6.45, 7) is 6.98. The van der Waals surface area contributed by atoms with Gasteiger partial charge in [0.15, 0.2) is 0 Å². The second kappa shape index (κ2) is 8.93. The van der Waals surface area contributed by atoms with Gasteiger partial charge in [-0.3, -0.25) is 0 Å². The second-order valence-electron chi connectivity index (χ2n) is 6.42. The van der Waals surface area contributed by atoms with Crippen LogP contribution in [0, 0.1) is 0 Å². The van der Waals surface area contributed by atoms with E-state index in [1.54, 1.807) is 15.0 Å². The van der Waals surface area contributed by atoms with Gasteiger partial charge in [0.2, 0.25) is 0 Å². The van der Waals surface area contributed by atoms with Crippen LogP contribution in [-0.2, 0) is 0 Å². The first-order chi connectivity index (χ1) is 10.7. The molecule has 0 aliphatic carbocycles. The molecule has 5 heteroatoms. The quantitative estimate of drug-likeness (QED) is 0.402. The van der Waals surface area contributed by atoms with E-state index in [1.165, 1.54) is 51.8 Å². The molecule has 22 heavy (non-hydrogen) atoms. The minimum absolute atomic E-state index is 0.679. The summed E-state index contributed by atoms with van der Waals surface area (Å²) in [5.74, 6) is 0.